The first-order valence-corrected chi connectivity index (χ1v) is 8.45. The minimum Gasteiger partial charge on any atom is -0.368 e. The van der Waals surface area contributed by atoms with Crippen LogP contribution >= 0.6 is 0 Å². The van der Waals surface area contributed by atoms with E-state index in [9.17, 15) is 4.79 Å². The summed E-state index contributed by atoms with van der Waals surface area (Å²) in [6.07, 6.45) is 11.2. The molecule has 138 valence electrons. The van der Waals surface area contributed by atoms with Crippen molar-refractivity contribution in [2.45, 2.75) is 0 Å². The van der Waals surface area contributed by atoms with Crippen LogP contribution < -0.4 is 16.8 Å². The van der Waals surface area contributed by atoms with Crippen LogP contribution in [-0.4, -0.2) is 38.3 Å². The number of amidine groups is 1. The molecule has 1 heterocycles. The molecule has 2 aromatic carbocycles. The number of nitrogens with zero attached hydrogens (tertiary/aromatic N) is 1. The Morgan fingerprint density at radius 3 is 1.85 bits per heavy atom. The lowest BCUT2D eigenvalue weighted by atomic mass is 10.1. The average molecular weight is 360 g/mol. The molecule has 0 fully saturated rings. The minimum absolute atomic E-state index is 0.597. The number of nitrogens with two attached hydrogens (primary N) is 2. The summed E-state index contributed by atoms with van der Waals surface area (Å²) < 4.78 is 0. The van der Waals surface area contributed by atoms with Gasteiger partial charge in [-0.05, 0) is 24.3 Å². The average Bonchev–Trinajstić information content (AvgIpc) is 3.29. The first-order chi connectivity index (χ1) is 13.2. The number of nitrogens with one attached hydrogen (secondary N) is 1. The second kappa shape index (κ2) is 12.9. The van der Waals surface area contributed by atoms with Crippen LogP contribution in [0.5, 0.6) is 0 Å². The second-order valence-corrected chi connectivity index (χ2v) is 5.34. The summed E-state index contributed by atoms with van der Waals surface area (Å²) in [6, 6.07) is 14.7. The van der Waals surface area contributed by atoms with Gasteiger partial charge < -0.3 is 16.8 Å². The molecule has 0 atom stereocenters. The molecule has 27 heavy (non-hydrogen) atoms. The normalized spacial score (nSPS) is 11.2. The topological polar surface area (TPSA) is 93.5 Å². The van der Waals surface area contributed by atoms with Crippen molar-refractivity contribution in [1.82, 2.24) is 5.32 Å². The van der Waals surface area contributed by atoms with Crippen LogP contribution in [0.25, 0.3) is 0 Å². The highest BCUT2D eigenvalue weighted by molar-refractivity contribution is 5.99. The molecule has 3 rings (SSSR count). The van der Waals surface area contributed by atoms with E-state index in [1.165, 1.54) is 0 Å². The highest BCUT2D eigenvalue weighted by Crippen LogP contribution is 2.05. The lowest BCUT2D eigenvalue weighted by Gasteiger charge is -2.01. The Bertz CT molecular complexity index is 807. The molecule has 0 unspecified atom stereocenters. The van der Waals surface area contributed by atoms with Gasteiger partial charge >= 0.3 is 0 Å². The number of hydrogen-bond donors (Lipinski definition) is 3. The number of terminal acetylenes is 2. The maximum absolute atomic E-state index is 10.2. The van der Waals surface area contributed by atoms with Crippen molar-refractivity contribution < 1.29 is 4.79 Å². The molecule has 0 amide bonds. The van der Waals surface area contributed by atoms with Crippen LogP contribution in [0.4, 0.5) is 0 Å². The van der Waals surface area contributed by atoms with E-state index in [1.807, 2.05) is 24.3 Å². The molecular formula is C22H24N4O. The van der Waals surface area contributed by atoms with E-state index >= 15 is 0 Å². The summed E-state index contributed by atoms with van der Waals surface area (Å²) in [4.78, 5) is 14.5. The largest absolute Gasteiger partial charge is 0.368 e. The molecule has 5 nitrogen and oxygen atoms in total. The van der Waals surface area contributed by atoms with E-state index in [1.54, 1.807) is 24.3 Å². The van der Waals surface area contributed by atoms with E-state index in [0.717, 1.165) is 41.9 Å². The van der Waals surface area contributed by atoms with E-state index in [4.69, 9.17) is 24.3 Å². The van der Waals surface area contributed by atoms with E-state index in [0.29, 0.717) is 18.7 Å². The van der Waals surface area contributed by atoms with E-state index in [-0.39, 0.29) is 0 Å². The Kier molecular flexibility index (Phi) is 10.4. The number of rotatable bonds is 3. The zero-order chi connectivity index (χ0) is 19.9. The molecule has 0 radical (unpaired) electrons. The lowest BCUT2D eigenvalue weighted by molar-refractivity contribution is 0.112. The lowest BCUT2D eigenvalue weighted by Crippen LogP contribution is -2.19. The smallest absolute Gasteiger partial charge is 0.150 e. The van der Waals surface area contributed by atoms with Crippen LogP contribution in [0.1, 0.15) is 27.0 Å². The summed E-state index contributed by atoms with van der Waals surface area (Å²) in [5.74, 6) is 6.02. The highest BCUT2D eigenvalue weighted by atomic mass is 16.1. The van der Waals surface area contributed by atoms with Crippen LogP contribution in [-0.2, 0) is 0 Å². The Morgan fingerprint density at radius 2 is 1.48 bits per heavy atom. The van der Waals surface area contributed by atoms with E-state index in [2.05, 4.69) is 22.2 Å². The van der Waals surface area contributed by atoms with Gasteiger partial charge in [0.1, 0.15) is 12.1 Å². The van der Waals surface area contributed by atoms with Gasteiger partial charge in [0.05, 0.1) is 6.54 Å². The number of aliphatic imine (C=N–C) groups is 1. The predicted molar refractivity (Wildman–Crippen MR) is 112 cm³/mol. The summed E-state index contributed by atoms with van der Waals surface area (Å²) >= 11 is 0. The minimum atomic E-state index is 0.597. The first-order valence-electron chi connectivity index (χ1n) is 8.45. The molecule has 1 aliphatic heterocycles. The maximum Gasteiger partial charge on any atom is 0.150 e. The summed E-state index contributed by atoms with van der Waals surface area (Å²) in [6.45, 7) is 3.00. The van der Waals surface area contributed by atoms with Crippen molar-refractivity contribution in [3.8, 4) is 24.7 Å². The number of aldehydes is 1. The van der Waals surface area contributed by atoms with Gasteiger partial charge in [-0.3, -0.25) is 9.79 Å². The van der Waals surface area contributed by atoms with Gasteiger partial charge in [-0.25, -0.2) is 0 Å². The van der Waals surface area contributed by atoms with Gasteiger partial charge in [-0.1, -0.05) is 36.1 Å². The van der Waals surface area contributed by atoms with Gasteiger partial charge in [-0.15, -0.1) is 12.8 Å². The number of hydrogen-bond acceptors (Lipinski definition) is 5. The van der Waals surface area contributed by atoms with Gasteiger partial charge in [0, 0.05) is 41.9 Å². The van der Waals surface area contributed by atoms with Crippen LogP contribution in [0.3, 0.4) is 0 Å². The molecule has 1 aliphatic rings. The van der Waals surface area contributed by atoms with Crippen molar-refractivity contribution >= 4 is 12.1 Å². The standard InChI is InChI=1S/C11H10N2.C9H6O.C2H8N2/c1-2-9-3-5-10(6-4-9)11-12-7-8-13-11;1-2-8-3-5-9(7-10)6-4-8;3-1-2-4/h1,3-6H,7-8H2,(H,12,13);1,3-7H;1-4H2. The third-order valence-electron chi connectivity index (χ3n) is 3.38. The van der Waals surface area contributed by atoms with Crippen LogP contribution in [0.15, 0.2) is 53.5 Å². The SMILES string of the molecule is C#Cc1ccc(C2=NCCN2)cc1.C#Cc1ccc(C=O)cc1.NCCN. The Hall–Kier alpha value is -3.38. The quantitative estimate of drug-likeness (QED) is 0.570. The Balaban J connectivity index is 0.000000232. The van der Waals surface area contributed by atoms with Crippen molar-refractivity contribution in [2.24, 2.45) is 16.5 Å². The van der Waals surface area contributed by atoms with Gasteiger partial charge in [0.2, 0.25) is 0 Å². The monoisotopic (exact) mass is 360 g/mol. The third kappa shape index (κ3) is 8.02. The fraction of sp³-hybridized carbons (Fsp3) is 0.182. The third-order valence-corrected chi connectivity index (χ3v) is 3.38. The maximum atomic E-state index is 10.2. The molecule has 5 N–H and O–H groups in total. The molecule has 2 aromatic rings. The summed E-state index contributed by atoms with van der Waals surface area (Å²) in [5.41, 5.74) is 13.3. The van der Waals surface area contributed by atoms with Gasteiger partial charge in [0.15, 0.2) is 0 Å². The van der Waals surface area contributed by atoms with Crippen molar-refractivity contribution in [3.63, 3.8) is 0 Å². The molecule has 0 saturated heterocycles. The molecular weight excluding hydrogens is 336 g/mol. The molecule has 0 bridgehead atoms. The fourth-order valence-electron chi connectivity index (χ4n) is 1.97. The summed E-state index contributed by atoms with van der Waals surface area (Å²) in [5, 5.41) is 3.21. The fourth-order valence-corrected chi connectivity index (χ4v) is 1.97. The number of carbonyl (C=O) groups excluding carboxylic acids is 1. The number of carbonyl (C=O) groups is 1. The molecule has 0 saturated carbocycles. The van der Waals surface area contributed by atoms with Gasteiger partial charge in [-0.2, -0.15) is 0 Å². The van der Waals surface area contributed by atoms with E-state index < -0.39 is 0 Å². The van der Waals surface area contributed by atoms with Gasteiger partial charge in [0.25, 0.3) is 0 Å². The molecule has 5 heteroatoms. The van der Waals surface area contributed by atoms with Crippen LogP contribution in [0.2, 0.25) is 0 Å². The molecule has 0 aliphatic carbocycles. The Morgan fingerprint density at radius 1 is 0.963 bits per heavy atom. The zero-order valence-electron chi connectivity index (χ0n) is 15.2. The van der Waals surface area contributed by atoms with Crippen LogP contribution in [0, 0.1) is 24.7 Å². The highest BCUT2D eigenvalue weighted by Gasteiger charge is 2.06. The van der Waals surface area contributed by atoms with Crippen molar-refractivity contribution in [1.29, 1.82) is 0 Å². The second-order valence-electron chi connectivity index (χ2n) is 5.34. The zero-order valence-corrected chi connectivity index (χ0v) is 15.2. The Labute approximate surface area is 160 Å². The van der Waals surface area contributed by atoms with Crippen molar-refractivity contribution in [2.75, 3.05) is 26.2 Å². The van der Waals surface area contributed by atoms with Crippen molar-refractivity contribution in [3.05, 3.63) is 70.8 Å². The molecule has 0 spiro atoms. The number of benzene rings is 2. The predicted octanol–water partition coefficient (Wildman–Crippen LogP) is 1.40. The summed E-state index contributed by atoms with van der Waals surface area (Å²) in [7, 11) is 0. The first kappa shape index (κ1) is 21.7. The molecule has 0 aromatic heterocycles.